The monoisotopic (exact) mass is 124 g/mol. The van der Waals surface area contributed by atoms with E-state index >= 15 is 0 Å². The van der Waals surface area contributed by atoms with Crippen LogP contribution in [0, 0.1) is 0 Å². The average Bonchev–Trinajstić information content (AvgIpc) is 1.83. The van der Waals surface area contributed by atoms with Crippen molar-refractivity contribution in [1.82, 2.24) is 0 Å². The second kappa shape index (κ2) is 4.07. The fourth-order valence-electron chi connectivity index (χ4n) is 0.337. The van der Waals surface area contributed by atoms with Crippen molar-refractivity contribution in [1.29, 1.82) is 0 Å². The molecule has 1 heteroatoms. The second-order valence-corrected chi connectivity index (χ2v) is 2.27. The standard InChI is InChI=1S/C8H12O/c1-7(2)4-5-8(3)6-9/h4-6H,1-3H3. The van der Waals surface area contributed by atoms with Gasteiger partial charge in [-0.25, -0.2) is 0 Å². The molecule has 0 aromatic heterocycles. The zero-order chi connectivity index (χ0) is 7.28. The molecule has 0 aliphatic carbocycles. The van der Waals surface area contributed by atoms with Crippen LogP contribution in [-0.4, -0.2) is 6.29 Å². The molecule has 0 saturated heterocycles. The Bertz CT molecular complexity index is 148. The third kappa shape index (κ3) is 5.01. The summed E-state index contributed by atoms with van der Waals surface area (Å²) < 4.78 is 0. The van der Waals surface area contributed by atoms with E-state index in [0.717, 1.165) is 11.9 Å². The minimum absolute atomic E-state index is 0.760. The Morgan fingerprint density at radius 1 is 1.11 bits per heavy atom. The number of rotatable bonds is 2. The molecule has 0 fully saturated rings. The Labute approximate surface area is 56.1 Å². The van der Waals surface area contributed by atoms with Crippen molar-refractivity contribution in [3.05, 3.63) is 23.3 Å². The summed E-state index contributed by atoms with van der Waals surface area (Å²) >= 11 is 0. The molecule has 0 aliphatic rings. The van der Waals surface area contributed by atoms with E-state index < -0.39 is 0 Å². The molecule has 0 N–H and O–H groups in total. The van der Waals surface area contributed by atoms with Crippen LogP contribution in [0.4, 0.5) is 0 Å². The van der Waals surface area contributed by atoms with Gasteiger partial charge < -0.3 is 0 Å². The fraction of sp³-hybridized carbons (Fsp3) is 0.375. The minimum atomic E-state index is 0.760. The van der Waals surface area contributed by atoms with Crippen LogP contribution in [0.5, 0.6) is 0 Å². The quantitative estimate of drug-likeness (QED) is 0.313. The summed E-state index contributed by atoms with van der Waals surface area (Å²) in [5.41, 5.74) is 1.97. The number of allylic oxidation sites excluding steroid dienone is 4. The maximum atomic E-state index is 10.0. The van der Waals surface area contributed by atoms with E-state index in [1.165, 1.54) is 5.57 Å². The van der Waals surface area contributed by atoms with Crippen molar-refractivity contribution in [3.63, 3.8) is 0 Å². The highest BCUT2D eigenvalue weighted by molar-refractivity contribution is 5.72. The maximum Gasteiger partial charge on any atom is 0.145 e. The summed E-state index contributed by atoms with van der Waals surface area (Å²) in [5, 5.41) is 0. The highest BCUT2D eigenvalue weighted by Crippen LogP contribution is 1.92. The molecule has 0 rings (SSSR count). The van der Waals surface area contributed by atoms with Crippen LogP contribution in [0.3, 0.4) is 0 Å². The van der Waals surface area contributed by atoms with Gasteiger partial charge in [0.25, 0.3) is 0 Å². The lowest BCUT2D eigenvalue weighted by Gasteiger charge is -1.83. The molecule has 0 aliphatic heterocycles. The van der Waals surface area contributed by atoms with Gasteiger partial charge in [-0.3, -0.25) is 4.79 Å². The highest BCUT2D eigenvalue weighted by atomic mass is 16.1. The summed E-state index contributed by atoms with van der Waals surface area (Å²) in [4.78, 5) is 10.0. The summed E-state index contributed by atoms with van der Waals surface area (Å²) in [6.45, 7) is 5.77. The largest absolute Gasteiger partial charge is 0.298 e. The fourth-order valence-corrected chi connectivity index (χ4v) is 0.337. The van der Waals surface area contributed by atoms with Crippen LogP contribution in [0.25, 0.3) is 0 Å². The maximum absolute atomic E-state index is 10.0. The van der Waals surface area contributed by atoms with Crippen LogP contribution in [0.15, 0.2) is 23.3 Å². The Hall–Kier alpha value is -0.850. The summed E-state index contributed by atoms with van der Waals surface area (Å²) in [5.74, 6) is 0. The molecule has 0 aromatic carbocycles. The molecular formula is C8H12O. The average molecular weight is 124 g/mol. The molecule has 0 saturated carbocycles. The van der Waals surface area contributed by atoms with Gasteiger partial charge in [-0.15, -0.1) is 0 Å². The van der Waals surface area contributed by atoms with Gasteiger partial charge in [0.05, 0.1) is 0 Å². The molecule has 0 aromatic rings. The van der Waals surface area contributed by atoms with Gasteiger partial charge in [0.2, 0.25) is 0 Å². The van der Waals surface area contributed by atoms with E-state index in [9.17, 15) is 4.79 Å². The van der Waals surface area contributed by atoms with Crippen LogP contribution >= 0.6 is 0 Å². The van der Waals surface area contributed by atoms with Gasteiger partial charge in [0.15, 0.2) is 0 Å². The van der Waals surface area contributed by atoms with Crippen molar-refractivity contribution < 1.29 is 4.79 Å². The van der Waals surface area contributed by atoms with Gasteiger partial charge in [0, 0.05) is 0 Å². The van der Waals surface area contributed by atoms with Crippen molar-refractivity contribution >= 4 is 6.29 Å². The van der Waals surface area contributed by atoms with Gasteiger partial charge in [-0.1, -0.05) is 17.7 Å². The van der Waals surface area contributed by atoms with Gasteiger partial charge in [-0.05, 0) is 26.3 Å². The molecule has 0 spiro atoms. The Morgan fingerprint density at radius 3 is 2.00 bits per heavy atom. The molecule has 0 radical (unpaired) electrons. The van der Waals surface area contributed by atoms with Crippen LogP contribution < -0.4 is 0 Å². The highest BCUT2D eigenvalue weighted by Gasteiger charge is 1.78. The zero-order valence-electron chi connectivity index (χ0n) is 6.14. The predicted octanol–water partition coefficient (Wildman–Crippen LogP) is 2.10. The number of carbonyl (C=O) groups excluding carboxylic acids is 1. The van der Waals surface area contributed by atoms with Gasteiger partial charge >= 0.3 is 0 Å². The minimum Gasteiger partial charge on any atom is -0.298 e. The lowest BCUT2D eigenvalue weighted by molar-refractivity contribution is -0.104. The molecule has 50 valence electrons. The van der Waals surface area contributed by atoms with E-state index in [1.54, 1.807) is 6.92 Å². The van der Waals surface area contributed by atoms with E-state index in [0.29, 0.717) is 0 Å². The SMILES string of the molecule is CC(C)=CC=C(C)C=O. The first kappa shape index (κ1) is 8.15. The Balaban J connectivity index is 3.98. The lowest BCUT2D eigenvalue weighted by Crippen LogP contribution is -1.72. The molecule has 0 heterocycles. The van der Waals surface area contributed by atoms with Crippen molar-refractivity contribution in [2.24, 2.45) is 0 Å². The predicted molar refractivity (Wildman–Crippen MR) is 39.3 cm³/mol. The molecule has 0 atom stereocenters. The normalized spacial score (nSPS) is 10.8. The van der Waals surface area contributed by atoms with Crippen molar-refractivity contribution in [2.75, 3.05) is 0 Å². The topological polar surface area (TPSA) is 17.1 Å². The Morgan fingerprint density at radius 2 is 1.67 bits per heavy atom. The smallest absolute Gasteiger partial charge is 0.145 e. The third-order valence-corrected chi connectivity index (χ3v) is 0.865. The zero-order valence-corrected chi connectivity index (χ0v) is 6.14. The molecule has 1 nitrogen and oxygen atoms in total. The molecule has 0 amide bonds. The van der Waals surface area contributed by atoms with Crippen LogP contribution in [0.2, 0.25) is 0 Å². The first-order chi connectivity index (χ1) is 4.16. The van der Waals surface area contributed by atoms with E-state index in [4.69, 9.17) is 0 Å². The van der Waals surface area contributed by atoms with E-state index in [1.807, 2.05) is 26.0 Å². The third-order valence-electron chi connectivity index (χ3n) is 0.865. The summed E-state index contributed by atoms with van der Waals surface area (Å²) in [6.07, 6.45) is 4.57. The summed E-state index contributed by atoms with van der Waals surface area (Å²) in [7, 11) is 0. The van der Waals surface area contributed by atoms with Crippen molar-refractivity contribution in [3.8, 4) is 0 Å². The van der Waals surface area contributed by atoms with E-state index in [-0.39, 0.29) is 0 Å². The van der Waals surface area contributed by atoms with Gasteiger partial charge in [-0.2, -0.15) is 0 Å². The van der Waals surface area contributed by atoms with Crippen LogP contribution in [0.1, 0.15) is 20.8 Å². The second-order valence-electron chi connectivity index (χ2n) is 2.27. The molecule has 0 unspecified atom stereocenters. The molecule has 0 bridgehead atoms. The number of aldehydes is 1. The summed E-state index contributed by atoms with van der Waals surface area (Å²) in [6, 6.07) is 0. The number of carbonyl (C=O) groups is 1. The lowest BCUT2D eigenvalue weighted by atomic mass is 10.2. The van der Waals surface area contributed by atoms with Gasteiger partial charge in [0.1, 0.15) is 6.29 Å². The van der Waals surface area contributed by atoms with E-state index in [2.05, 4.69) is 0 Å². The first-order valence-corrected chi connectivity index (χ1v) is 2.94. The number of hydrogen-bond donors (Lipinski definition) is 0. The van der Waals surface area contributed by atoms with Crippen LogP contribution in [-0.2, 0) is 4.79 Å². The first-order valence-electron chi connectivity index (χ1n) is 2.94. The van der Waals surface area contributed by atoms with Crippen molar-refractivity contribution in [2.45, 2.75) is 20.8 Å². The molecular weight excluding hydrogens is 112 g/mol. The number of hydrogen-bond acceptors (Lipinski definition) is 1. The Kier molecular flexibility index (Phi) is 3.69. The molecule has 9 heavy (non-hydrogen) atoms.